The normalized spacial score (nSPS) is 12.9. The molecule has 0 spiro atoms. The van der Waals surface area contributed by atoms with Crippen molar-refractivity contribution in [2.45, 2.75) is 46.7 Å². The summed E-state index contributed by atoms with van der Waals surface area (Å²) in [5, 5.41) is 3.50. The Morgan fingerprint density at radius 3 is 2.50 bits per heavy atom. The van der Waals surface area contributed by atoms with Gasteiger partial charge in [-0.2, -0.15) is 0 Å². The molecule has 1 unspecified atom stereocenters. The molecule has 0 amide bonds. The molecule has 1 atom stereocenters. The third-order valence-corrected chi connectivity index (χ3v) is 2.84. The zero-order valence-corrected chi connectivity index (χ0v) is 9.72. The Bertz CT molecular complexity index is 291. The second kappa shape index (κ2) is 5.16. The van der Waals surface area contributed by atoms with E-state index in [-0.39, 0.29) is 0 Å². The Morgan fingerprint density at radius 1 is 1.21 bits per heavy atom. The van der Waals surface area contributed by atoms with Gasteiger partial charge in [-0.1, -0.05) is 25.1 Å². The Labute approximate surface area is 87.5 Å². The largest absolute Gasteiger partial charge is 0.310 e. The predicted octanol–water partition coefficient (Wildman–Crippen LogP) is 3.19. The van der Waals surface area contributed by atoms with Crippen molar-refractivity contribution in [1.29, 1.82) is 0 Å². The fraction of sp³-hybridized carbons (Fsp3) is 0.538. The lowest BCUT2D eigenvalue weighted by molar-refractivity contribution is 0.534. The summed E-state index contributed by atoms with van der Waals surface area (Å²) in [6.45, 7) is 9.73. The SMILES string of the molecule is CCC(C)NCc1ccc(C)c(C)c1. The molecule has 0 aromatic heterocycles. The molecular weight excluding hydrogens is 170 g/mol. The van der Waals surface area contributed by atoms with Gasteiger partial charge in [0.2, 0.25) is 0 Å². The highest BCUT2D eigenvalue weighted by atomic mass is 14.9. The van der Waals surface area contributed by atoms with Gasteiger partial charge in [0.25, 0.3) is 0 Å². The van der Waals surface area contributed by atoms with E-state index in [1.54, 1.807) is 0 Å². The molecule has 1 N–H and O–H groups in total. The maximum Gasteiger partial charge on any atom is 0.0208 e. The third-order valence-electron chi connectivity index (χ3n) is 2.84. The quantitative estimate of drug-likeness (QED) is 0.770. The van der Waals surface area contributed by atoms with Crippen molar-refractivity contribution >= 4 is 0 Å². The van der Waals surface area contributed by atoms with Crippen molar-refractivity contribution in [3.8, 4) is 0 Å². The van der Waals surface area contributed by atoms with Crippen molar-refractivity contribution in [2.24, 2.45) is 0 Å². The smallest absolute Gasteiger partial charge is 0.0208 e. The number of hydrogen-bond acceptors (Lipinski definition) is 1. The van der Waals surface area contributed by atoms with Crippen LogP contribution in [0.2, 0.25) is 0 Å². The summed E-state index contributed by atoms with van der Waals surface area (Å²) in [7, 11) is 0. The standard InChI is InChI=1S/C13H21N/c1-5-12(4)14-9-13-7-6-10(2)11(3)8-13/h6-8,12,14H,5,9H2,1-4H3. The minimum atomic E-state index is 0.608. The Hall–Kier alpha value is -0.820. The van der Waals surface area contributed by atoms with E-state index in [9.17, 15) is 0 Å². The first-order chi connectivity index (χ1) is 6.63. The Balaban J connectivity index is 2.55. The van der Waals surface area contributed by atoms with Crippen LogP contribution < -0.4 is 5.32 Å². The van der Waals surface area contributed by atoms with Gasteiger partial charge < -0.3 is 5.32 Å². The molecule has 0 aliphatic heterocycles. The van der Waals surface area contributed by atoms with E-state index in [4.69, 9.17) is 0 Å². The van der Waals surface area contributed by atoms with E-state index in [1.807, 2.05) is 0 Å². The van der Waals surface area contributed by atoms with E-state index < -0.39 is 0 Å². The minimum Gasteiger partial charge on any atom is -0.310 e. The maximum absolute atomic E-state index is 3.50. The van der Waals surface area contributed by atoms with Gasteiger partial charge in [-0.3, -0.25) is 0 Å². The first-order valence-corrected chi connectivity index (χ1v) is 5.43. The van der Waals surface area contributed by atoms with Crippen LogP contribution in [-0.4, -0.2) is 6.04 Å². The molecule has 0 saturated carbocycles. The second-order valence-electron chi connectivity index (χ2n) is 4.11. The van der Waals surface area contributed by atoms with Gasteiger partial charge in [0.1, 0.15) is 0 Å². The van der Waals surface area contributed by atoms with Gasteiger partial charge in [-0.15, -0.1) is 0 Å². The average Bonchev–Trinajstić information content (AvgIpc) is 2.19. The van der Waals surface area contributed by atoms with Crippen LogP contribution in [0.25, 0.3) is 0 Å². The number of hydrogen-bond donors (Lipinski definition) is 1. The molecule has 0 radical (unpaired) electrons. The highest BCUT2D eigenvalue weighted by molar-refractivity contribution is 5.29. The van der Waals surface area contributed by atoms with Crippen LogP contribution in [-0.2, 0) is 6.54 Å². The van der Waals surface area contributed by atoms with Crippen LogP contribution in [0.5, 0.6) is 0 Å². The first kappa shape index (κ1) is 11.3. The summed E-state index contributed by atoms with van der Waals surface area (Å²) in [6, 6.07) is 7.28. The van der Waals surface area contributed by atoms with Crippen molar-refractivity contribution in [3.05, 3.63) is 34.9 Å². The zero-order chi connectivity index (χ0) is 10.6. The average molecular weight is 191 g/mol. The van der Waals surface area contributed by atoms with Crippen molar-refractivity contribution in [3.63, 3.8) is 0 Å². The molecule has 14 heavy (non-hydrogen) atoms. The van der Waals surface area contributed by atoms with Gasteiger partial charge in [-0.05, 0) is 43.9 Å². The van der Waals surface area contributed by atoms with E-state index >= 15 is 0 Å². The van der Waals surface area contributed by atoms with E-state index in [1.165, 1.54) is 23.1 Å². The highest BCUT2D eigenvalue weighted by Gasteiger charge is 1.99. The van der Waals surface area contributed by atoms with E-state index in [0.717, 1.165) is 6.54 Å². The number of rotatable bonds is 4. The molecule has 78 valence electrons. The van der Waals surface area contributed by atoms with Gasteiger partial charge >= 0.3 is 0 Å². The fourth-order valence-electron chi connectivity index (χ4n) is 1.35. The van der Waals surface area contributed by atoms with E-state index in [0.29, 0.717) is 6.04 Å². The molecule has 0 bridgehead atoms. The molecule has 1 heteroatoms. The van der Waals surface area contributed by atoms with Crippen LogP contribution in [0, 0.1) is 13.8 Å². The molecule has 0 fully saturated rings. The number of aryl methyl sites for hydroxylation is 2. The molecule has 1 aromatic carbocycles. The van der Waals surface area contributed by atoms with Crippen LogP contribution >= 0.6 is 0 Å². The molecule has 1 nitrogen and oxygen atoms in total. The monoisotopic (exact) mass is 191 g/mol. The van der Waals surface area contributed by atoms with Gasteiger partial charge in [0.15, 0.2) is 0 Å². The minimum absolute atomic E-state index is 0.608. The van der Waals surface area contributed by atoms with Crippen molar-refractivity contribution in [2.75, 3.05) is 0 Å². The molecule has 1 aromatic rings. The predicted molar refractivity (Wildman–Crippen MR) is 62.5 cm³/mol. The summed E-state index contributed by atoms with van der Waals surface area (Å²) in [5.74, 6) is 0. The van der Waals surface area contributed by atoms with Crippen LogP contribution in [0.1, 0.15) is 37.0 Å². The van der Waals surface area contributed by atoms with Crippen LogP contribution in [0.3, 0.4) is 0 Å². The van der Waals surface area contributed by atoms with E-state index in [2.05, 4.69) is 51.2 Å². The Kier molecular flexibility index (Phi) is 4.15. The summed E-state index contributed by atoms with van der Waals surface area (Å²) < 4.78 is 0. The molecule has 0 aliphatic rings. The fourth-order valence-corrected chi connectivity index (χ4v) is 1.35. The number of benzene rings is 1. The Morgan fingerprint density at radius 2 is 1.93 bits per heavy atom. The van der Waals surface area contributed by atoms with Crippen molar-refractivity contribution < 1.29 is 0 Å². The molecular formula is C13H21N. The van der Waals surface area contributed by atoms with Gasteiger partial charge in [0, 0.05) is 12.6 Å². The first-order valence-electron chi connectivity index (χ1n) is 5.43. The topological polar surface area (TPSA) is 12.0 Å². The third kappa shape index (κ3) is 3.15. The number of nitrogens with one attached hydrogen (secondary N) is 1. The lowest BCUT2D eigenvalue weighted by atomic mass is 10.1. The molecule has 0 aliphatic carbocycles. The van der Waals surface area contributed by atoms with Crippen LogP contribution in [0.4, 0.5) is 0 Å². The van der Waals surface area contributed by atoms with Gasteiger partial charge in [-0.25, -0.2) is 0 Å². The highest BCUT2D eigenvalue weighted by Crippen LogP contribution is 2.09. The van der Waals surface area contributed by atoms with Crippen molar-refractivity contribution in [1.82, 2.24) is 5.32 Å². The zero-order valence-electron chi connectivity index (χ0n) is 9.72. The lowest BCUT2D eigenvalue weighted by Gasteiger charge is -2.12. The van der Waals surface area contributed by atoms with Gasteiger partial charge in [0.05, 0.1) is 0 Å². The summed E-state index contributed by atoms with van der Waals surface area (Å²) in [5.41, 5.74) is 4.14. The molecule has 0 heterocycles. The lowest BCUT2D eigenvalue weighted by Crippen LogP contribution is -2.24. The molecule has 1 rings (SSSR count). The summed E-state index contributed by atoms with van der Waals surface area (Å²) >= 11 is 0. The van der Waals surface area contributed by atoms with Crippen LogP contribution in [0.15, 0.2) is 18.2 Å². The summed E-state index contributed by atoms with van der Waals surface area (Å²) in [6.07, 6.45) is 1.19. The maximum atomic E-state index is 3.50. The second-order valence-corrected chi connectivity index (χ2v) is 4.11. The summed E-state index contributed by atoms with van der Waals surface area (Å²) in [4.78, 5) is 0. The molecule has 0 saturated heterocycles.